The molecule has 0 saturated carbocycles. The normalized spacial score (nSPS) is 17.1. The van der Waals surface area contributed by atoms with Crippen LogP contribution in [0.2, 0.25) is 0 Å². The van der Waals surface area contributed by atoms with Crippen molar-refractivity contribution in [3.63, 3.8) is 0 Å². The molecule has 1 aliphatic heterocycles. The number of sulfonamides is 1. The fourth-order valence-corrected chi connectivity index (χ4v) is 2.99. The summed E-state index contributed by atoms with van der Waals surface area (Å²) in [6.07, 6.45) is 0.819. The van der Waals surface area contributed by atoms with Crippen molar-refractivity contribution < 1.29 is 17.9 Å². The summed E-state index contributed by atoms with van der Waals surface area (Å²) in [4.78, 5) is 15.5. The number of anilines is 2. The van der Waals surface area contributed by atoms with E-state index in [1.165, 1.54) is 24.4 Å². The number of nitrogens with one attached hydrogen (secondary N) is 2. The topological polar surface area (TPSA) is 97.4 Å². The fraction of sp³-hybridized carbons (Fsp3) is 0.143. The first kappa shape index (κ1) is 14.3. The standard InChI is InChI=1S/C14H13N3O4S/c1-9-14(18)16-11-6-5-10(8-12(11)21-9)22(19,20)17-13-4-2-3-7-15-13/h2-9H,1H3,(H,15,17)(H,16,18)/t9-/m0/s1. The minimum absolute atomic E-state index is 0.0280. The van der Waals surface area contributed by atoms with Gasteiger partial charge in [0.05, 0.1) is 10.6 Å². The van der Waals surface area contributed by atoms with Crippen LogP contribution in [0.4, 0.5) is 11.5 Å². The molecule has 2 heterocycles. The van der Waals surface area contributed by atoms with Gasteiger partial charge in [-0.15, -0.1) is 0 Å². The summed E-state index contributed by atoms with van der Waals surface area (Å²) in [5.41, 5.74) is 0.444. The number of carbonyl (C=O) groups is 1. The lowest BCUT2D eigenvalue weighted by molar-refractivity contribution is -0.122. The van der Waals surface area contributed by atoms with Crippen molar-refractivity contribution in [3.05, 3.63) is 42.6 Å². The highest BCUT2D eigenvalue weighted by Gasteiger charge is 2.25. The van der Waals surface area contributed by atoms with Gasteiger partial charge in [-0.1, -0.05) is 6.07 Å². The van der Waals surface area contributed by atoms with E-state index in [4.69, 9.17) is 4.74 Å². The van der Waals surface area contributed by atoms with Gasteiger partial charge in [-0.2, -0.15) is 0 Å². The molecule has 1 aromatic carbocycles. The SMILES string of the molecule is C[C@@H]1Oc2cc(S(=O)(=O)Nc3ccccn3)ccc2NC1=O. The number of hydrogen-bond acceptors (Lipinski definition) is 5. The molecule has 114 valence electrons. The van der Waals surface area contributed by atoms with E-state index in [9.17, 15) is 13.2 Å². The van der Waals surface area contributed by atoms with Crippen LogP contribution in [0.3, 0.4) is 0 Å². The molecule has 2 N–H and O–H groups in total. The molecule has 0 saturated heterocycles. The first-order valence-corrected chi connectivity index (χ1v) is 7.99. The Hall–Kier alpha value is -2.61. The molecule has 0 spiro atoms. The van der Waals surface area contributed by atoms with Gasteiger partial charge in [-0.05, 0) is 31.2 Å². The van der Waals surface area contributed by atoms with E-state index in [1.807, 2.05) is 0 Å². The average Bonchev–Trinajstić information content (AvgIpc) is 2.48. The maximum Gasteiger partial charge on any atom is 0.265 e. The Labute approximate surface area is 127 Å². The number of amides is 1. The first-order chi connectivity index (χ1) is 10.5. The van der Waals surface area contributed by atoms with Crippen molar-refractivity contribution in [2.75, 3.05) is 10.0 Å². The van der Waals surface area contributed by atoms with Crippen LogP contribution >= 0.6 is 0 Å². The number of ether oxygens (including phenoxy) is 1. The summed E-state index contributed by atoms with van der Waals surface area (Å²) in [5.74, 6) is 0.272. The number of benzene rings is 1. The fourth-order valence-electron chi connectivity index (χ4n) is 1.97. The molecule has 1 aromatic heterocycles. The Bertz CT molecular complexity index is 821. The third-order valence-corrected chi connectivity index (χ3v) is 4.45. The lowest BCUT2D eigenvalue weighted by Crippen LogP contribution is -2.34. The van der Waals surface area contributed by atoms with Gasteiger partial charge in [0.1, 0.15) is 11.6 Å². The number of aromatic nitrogens is 1. The molecule has 0 unspecified atom stereocenters. The smallest absolute Gasteiger partial charge is 0.265 e. The number of fused-ring (bicyclic) bond motifs is 1. The van der Waals surface area contributed by atoms with E-state index < -0.39 is 16.1 Å². The van der Waals surface area contributed by atoms with Crippen LogP contribution in [0.25, 0.3) is 0 Å². The third-order valence-electron chi connectivity index (χ3n) is 3.10. The molecule has 3 rings (SSSR count). The molecule has 1 amide bonds. The van der Waals surface area contributed by atoms with E-state index in [-0.39, 0.29) is 16.6 Å². The molecule has 0 bridgehead atoms. The zero-order chi connectivity index (χ0) is 15.7. The molecule has 1 atom stereocenters. The van der Waals surface area contributed by atoms with Crippen molar-refractivity contribution in [1.29, 1.82) is 0 Å². The van der Waals surface area contributed by atoms with Crippen molar-refractivity contribution in [2.24, 2.45) is 0 Å². The Morgan fingerprint density at radius 1 is 1.27 bits per heavy atom. The lowest BCUT2D eigenvalue weighted by Gasteiger charge is -2.23. The van der Waals surface area contributed by atoms with Gasteiger partial charge in [0.15, 0.2) is 6.10 Å². The second-order valence-electron chi connectivity index (χ2n) is 4.73. The van der Waals surface area contributed by atoms with Crippen LogP contribution in [0.15, 0.2) is 47.5 Å². The van der Waals surface area contributed by atoms with E-state index in [0.717, 1.165) is 0 Å². The zero-order valence-corrected chi connectivity index (χ0v) is 12.4. The van der Waals surface area contributed by atoms with Crippen LogP contribution in [-0.2, 0) is 14.8 Å². The molecule has 8 heteroatoms. The summed E-state index contributed by atoms with van der Waals surface area (Å²) in [6, 6.07) is 9.17. The molecule has 22 heavy (non-hydrogen) atoms. The predicted octanol–water partition coefficient (Wildman–Crippen LogP) is 1.60. The van der Waals surface area contributed by atoms with Gasteiger partial charge >= 0.3 is 0 Å². The summed E-state index contributed by atoms with van der Waals surface area (Å²) in [5, 5.41) is 2.65. The Morgan fingerprint density at radius 2 is 2.09 bits per heavy atom. The van der Waals surface area contributed by atoms with Gasteiger partial charge in [0.25, 0.3) is 15.9 Å². The van der Waals surface area contributed by atoms with Crippen LogP contribution in [0, 0.1) is 0 Å². The van der Waals surface area contributed by atoms with Gasteiger partial charge in [-0.25, -0.2) is 13.4 Å². The van der Waals surface area contributed by atoms with Gasteiger partial charge in [0, 0.05) is 12.3 Å². The van der Waals surface area contributed by atoms with Crippen LogP contribution < -0.4 is 14.8 Å². The van der Waals surface area contributed by atoms with E-state index in [1.54, 1.807) is 25.1 Å². The Balaban J connectivity index is 1.92. The monoisotopic (exact) mass is 319 g/mol. The minimum atomic E-state index is -3.78. The molecule has 0 radical (unpaired) electrons. The maximum atomic E-state index is 12.3. The molecule has 0 aliphatic carbocycles. The summed E-state index contributed by atoms with van der Waals surface area (Å²) in [7, 11) is -3.78. The molecular weight excluding hydrogens is 306 g/mol. The number of carbonyl (C=O) groups excluding carboxylic acids is 1. The zero-order valence-electron chi connectivity index (χ0n) is 11.6. The van der Waals surface area contributed by atoms with Crippen LogP contribution in [0.5, 0.6) is 5.75 Å². The largest absolute Gasteiger partial charge is 0.479 e. The molecule has 1 aliphatic rings. The highest BCUT2D eigenvalue weighted by Crippen LogP contribution is 2.32. The predicted molar refractivity (Wildman–Crippen MR) is 80.2 cm³/mol. The third kappa shape index (κ3) is 2.73. The molecular formula is C14H13N3O4S. The second kappa shape index (κ2) is 5.30. The van der Waals surface area contributed by atoms with Gasteiger partial charge in [0.2, 0.25) is 0 Å². The number of rotatable bonds is 3. The van der Waals surface area contributed by atoms with E-state index in [2.05, 4.69) is 15.0 Å². The van der Waals surface area contributed by atoms with E-state index in [0.29, 0.717) is 11.4 Å². The minimum Gasteiger partial charge on any atom is -0.479 e. The Morgan fingerprint density at radius 3 is 2.82 bits per heavy atom. The Kier molecular flexibility index (Phi) is 3.45. The lowest BCUT2D eigenvalue weighted by atomic mass is 10.2. The van der Waals surface area contributed by atoms with Crippen LogP contribution in [-0.4, -0.2) is 25.4 Å². The summed E-state index contributed by atoms with van der Waals surface area (Å²) >= 11 is 0. The second-order valence-corrected chi connectivity index (χ2v) is 6.41. The van der Waals surface area contributed by atoms with Crippen molar-refractivity contribution >= 4 is 27.4 Å². The first-order valence-electron chi connectivity index (χ1n) is 6.51. The molecule has 0 fully saturated rings. The van der Waals surface area contributed by atoms with Crippen molar-refractivity contribution in [3.8, 4) is 5.75 Å². The van der Waals surface area contributed by atoms with Crippen molar-refractivity contribution in [1.82, 2.24) is 4.98 Å². The summed E-state index contributed by atoms with van der Waals surface area (Å²) in [6.45, 7) is 1.59. The number of pyridine rings is 1. The number of nitrogens with zero attached hydrogens (tertiary/aromatic N) is 1. The van der Waals surface area contributed by atoms with E-state index >= 15 is 0 Å². The highest BCUT2D eigenvalue weighted by atomic mass is 32.2. The average molecular weight is 319 g/mol. The quantitative estimate of drug-likeness (QED) is 0.895. The van der Waals surface area contributed by atoms with Crippen molar-refractivity contribution in [2.45, 2.75) is 17.9 Å². The maximum absolute atomic E-state index is 12.3. The van der Waals surface area contributed by atoms with Gasteiger partial charge < -0.3 is 10.1 Å². The molecule has 2 aromatic rings. The number of hydrogen-bond donors (Lipinski definition) is 2. The molecule has 7 nitrogen and oxygen atoms in total. The summed E-state index contributed by atoms with van der Waals surface area (Å²) < 4.78 is 32.5. The van der Waals surface area contributed by atoms with Gasteiger partial charge in [-0.3, -0.25) is 9.52 Å². The van der Waals surface area contributed by atoms with Crippen LogP contribution in [0.1, 0.15) is 6.92 Å². The highest BCUT2D eigenvalue weighted by molar-refractivity contribution is 7.92.